The SMILES string of the molecule is CC(C)(C)c1cc(NC(=O)Nc2cccc3c2CC(O)CC3)no1. The average Bonchev–Trinajstić information content (AvgIpc) is 2.96. The lowest BCUT2D eigenvalue weighted by Crippen LogP contribution is -2.24. The number of nitrogens with zero attached hydrogens (tertiary/aromatic N) is 1. The lowest BCUT2D eigenvalue weighted by atomic mass is 9.88. The van der Waals surface area contributed by atoms with Gasteiger partial charge in [0.15, 0.2) is 5.82 Å². The van der Waals surface area contributed by atoms with E-state index in [4.69, 9.17) is 4.52 Å². The van der Waals surface area contributed by atoms with Crippen molar-refractivity contribution in [1.29, 1.82) is 0 Å². The standard InChI is InChI=1S/C18H23N3O3/c1-18(2,3)15-10-16(21-24-15)20-17(23)19-14-6-4-5-11-7-8-12(22)9-13(11)14/h4-6,10,12,22H,7-9H2,1-3H3,(H2,19,20,21,23). The van der Waals surface area contributed by atoms with Crippen LogP contribution < -0.4 is 10.6 Å². The van der Waals surface area contributed by atoms with Crippen molar-refractivity contribution in [1.82, 2.24) is 5.16 Å². The van der Waals surface area contributed by atoms with Gasteiger partial charge in [0, 0.05) is 23.6 Å². The summed E-state index contributed by atoms with van der Waals surface area (Å²) in [6.45, 7) is 6.04. The number of rotatable bonds is 2. The Morgan fingerprint density at radius 3 is 2.83 bits per heavy atom. The first-order valence-corrected chi connectivity index (χ1v) is 8.17. The average molecular weight is 329 g/mol. The molecule has 3 rings (SSSR count). The molecule has 0 radical (unpaired) electrons. The number of hydrogen-bond donors (Lipinski definition) is 3. The van der Waals surface area contributed by atoms with Crippen LogP contribution in [0.4, 0.5) is 16.3 Å². The van der Waals surface area contributed by atoms with Crippen LogP contribution in [0.15, 0.2) is 28.8 Å². The first-order chi connectivity index (χ1) is 11.3. The fourth-order valence-corrected chi connectivity index (χ4v) is 2.84. The Bertz CT molecular complexity index is 746. The first-order valence-electron chi connectivity index (χ1n) is 8.17. The van der Waals surface area contributed by atoms with E-state index >= 15 is 0 Å². The topological polar surface area (TPSA) is 87.4 Å². The molecule has 0 fully saturated rings. The van der Waals surface area contributed by atoms with Gasteiger partial charge in [0.2, 0.25) is 0 Å². The zero-order valence-electron chi connectivity index (χ0n) is 14.2. The zero-order chi connectivity index (χ0) is 17.3. The highest BCUT2D eigenvalue weighted by atomic mass is 16.5. The minimum absolute atomic E-state index is 0.169. The van der Waals surface area contributed by atoms with Crippen molar-refractivity contribution in [3.63, 3.8) is 0 Å². The summed E-state index contributed by atoms with van der Waals surface area (Å²) in [5, 5.41) is 19.3. The van der Waals surface area contributed by atoms with Crippen molar-refractivity contribution in [3.05, 3.63) is 41.2 Å². The predicted octanol–water partition coefficient (Wildman–Crippen LogP) is 3.47. The van der Waals surface area contributed by atoms with Crippen molar-refractivity contribution >= 4 is 17.5 Å². The number of fused-ring (bicyclic) bond motifs is 1. The Morgan fingerprint density at radius 2 is 2.12 bits per heavy atom. The zero-order valence-corrected chi connectivity index (χ0v) is 14.2. The van der Waals surface area contributed by atoms with Gasteiger partial charge in [-0.3, -0.25) is 5.32 Å². The van der Waals surface area contributed by atoms with Gasteiger partial charge in [0.1, 0.15) is 5.76 Å². The van der Waals surface area contributed by atoms with Crippen molar-refractivity contribution in [2.24, 2.45) is 0 Å². The molecule has 0 spiro atoms. The molecule has 1 aliphatic carbocycles. The summed E-state index contributed by atoms with van der Waals surface area (Å²) in [7, 11) is 0. The second-order valence-electron chi connectivity index (χ2n) is 7.25. The minimum atomic E-state index is -0.378. The van der Waals surface area contributed by atoms with Gasteiger partial charge in [0.25, 0.3) is 0 Å². The molecule has 0 bridgehead atoms. The first kappa shape index (κ1) is 16.5. The molecule has 1 aliphatic rings. The lowest BCUT2D eigenvalue weighted by molar-refractivity contribution is 0.159. The van der Waals surface area contributed by atoms with E-state index in [1.54, 1.807) is 6.07 Å². The maximum atomic E-state index is 12.2. The number of aliphatic hydroxyl groups excluding tert-OH is 1. The Kier molecular flexibility index (Phi) is 4.32. The second-order valence-corrected chi connectivity index (χ2v) is 7.25. The molecular formula is C18H23N3O3. The number of anilines is 2. The van der Waals surface area contributed by atoms with Crippen molar-refractivity contribution in [2.45, 2.75) is 51.6 Å². The molecule has 6 nitrogen and oxygen atoms in total. The molecule has 24 heavy (non-hydrogen) atoms. The summed E-state index contributed by atoms with van der Waals surface area (Å²) in [4.78, 5) is 12.2. The fraction of sp³-hybridized carbons (Fsp3) is 0.444. The Balaban J connectivity index is 1.71. The van der Waals surface area contributed by atoms with E-state index in [0.717, 1.165) is 24.1 Å². The van der Waals surface area contributed by atoms with Gasteiger partial charge in [-0.2, -0.15) is 0 Å². The molecule has 0 saturated heterocycles. The highest BCUT2D eigenvalue weighted by Crippen LogP contribution is 2.28. The van der Waals surface area contributed by atoms with Crippen LogP contribution in [0.25, 0.3) is 0 Å². The van der Waals surface area contributed by atoms with E-state index in [0.29, 0.717) is 18.0 Å². The number of nitrogens with one attached hydrogen (secondary N) is 2. The molecule has 0 saturated carbocycles. The van der Waals surface area contributed by atoms with Crippen molar-refractivity contribution in [2.75, 3.05) is 10.6 Å². The molecule has 1 heterocycles. The number of benzene rings is 1. The molecule has 0 aliphatic heterocycles. The summed E-state index contributed by atoms with van der Waals surface area (Å²) in [6, 6.07) is 7.15. The number of carbonyl (C=O) groups excluding carboxylic acids is 1. The molecular weight excluding hydrogens is 306 g/mol. The Labute approximate surface area is 141 Å². The van der Waals surface area contributed by atoms with E-state index in [-0.39, 0.29) is 17.6 Å². The highest BCUT2D eigenvalue weighted by Gasteiger charge is 2.22. The van der Waals surface area contributed by atoms with Gasteiger partial charge >= 0.3 is 6.03 Å². The summed E-state index contributed by atoms with van der Waals surface area (Å²) in [6.07, 6.45) is 1.79. The van der Waals surface area contributed by atoms with Gasteiger partial charge in [-0.15, -0.1) is 0 Å². The molecule has 1 atom stereocenters. The maximum absolute atomic E-state index is 12.2. The summed E-state index contributed by atoms with van der Waals surface area (Å²) in [5.41, 5.74) is 2.73. The quantitative estimate of drug-likeness (QED) is 0.787. The molecule has 2 aromatic rings. The molecule has 1 aromatic heterocycles. The van der Waals surface area contributed by atoms with Crippen LogP contribution >= 0.6 is 0 Å². The number of carbonyl (C=O) groups is 1. The normalized spacial score (nSPS) is 17.2. The number of aromatic nitrogens is 1. The lowest BCUT2D eigenvalue weighted by Gasteiger charge is -2.23. The van der Waals surface area contributed by atoms with Crippen LogP contribution in [-0.4, -0.2) is 22.4 Å². The smallest absolute Gasteiger partial charge is 0.324 e. The minimum Gasteiger partial charge on any atom is -0.393 e. The van der Waals surface area contributed by atoms with Gasteiger partial charge in [-0.05, 0) is 30.0 Å². The summed E-state index contributed by atoms with van der Waals surface area (Å²) < 4.78 is 5.26. The number of amides is 2. The molecule has 128 valence electrons. The van der Waals surface area contributed by atoms with E-state index in [1.807, 2.05) is 39.0 Å². The Morgan fingerprint density at radius 1 is 1.33 bits per heavy atom. The number of aryl methyl sites for hydroxylation is 1. The Hall–Kier alpha value is -2.34. The monoisotopic (exact) mass is 329 g/mol. The largest absolute Gasteiger partial charge is 0.393 e. The molecule has 2 amide bonds. The van der Waals surface area contributed by atoms with E-state index in [1.165, 1.54) is 5.56 Å². The molecule has 1 aromatic carbocycles. The third-order valence-corrected chi connectivity index (χ3v) is 4.20. The highest BCUT2D eigenvalue weighted by molar-refractivity contribution is 5.99. The summed E-state index contributed by atoms with van der Waals surface area (Å²) in [5.74, 6) is 1.08. The van der Waals surface area contributed by atoms with Crippen LogP contribution in [0.2, 0.25) is 0 Å². The molecule has 3 N–H and O–H groups in total. The van der Waals surface area contributed by atoms with Gasteiger partial charge in [-0.25, -0.2) is 4.79 Å². The third kappa shape index (κ3) is 3.59. The molecule has 1 unspecified atom stereocenters. The van der Waals surface area contributed by atoms with Gasteiger partial charge in [-0.1, -0.05) is 38.1 Å². The number of urea groups is 1. The molecule has 6 heteroatoms. The van der Waals surface area contributed by atoms with Crippen LogP contribution in [0.1, 0.15) is 44.1 Å². The van der Waals surface area contributed by atoms with Crippen molar-refractivity contribution in [3.8, 4) is 0 Å². The number of aliphatic hydroxyl groups is 1. The van der Waals surface area contributed by atoms with E-state index in [9.17, 15) is 9.90 Å². The van der Waals surface area contributed by atoms with Gasteiger partial charge < -0.3 is 14.9 Å². The van der Waals surface area contributed by atoms with E-state index < -0.39 is 0 Å². The van der Waals surface area contributed by atoms with Crippen LogP contribution in [0, 0.1) is 0 Å². The fourth-order valence-electron chi connectivity index (χ4n) is 2.84. The second kappa shape index (κ2) is 6.28. The van der Waals surface area contributed by atoms with Crippen LogP contribution in [0.3, 0.4) is 0 Å². The predicted molar refractivity (Wildman–Crippen MR) is 92.3 cm³/mol. The summed E-state index contributed by atoms with van der Waals surface area (Å²) >= 11 is 0. The van der Waals surface area contributed by atoms with E-state index in [2.05, 4.69) is 15.8 Å². The third-order valence-electron chi connectivity index (χ3n) is 4.20. The van der Waals surface area contributed by atoms with Crippen molar-refractivity contribution < 1.29 is 14.4 Å². The van der Waals surface area contributed by atoms with Crippen LogP contribution in [-0.2, 0) is 18.3 Å². The van der Waals surface area contributed by atoms with Gasteiger partial charge in [0.05, 0.1) is 6.10 Å². The maximum Gasteiger partial charge on any atom is 0.324 e. The number of hydrogen-bond acceptors (Lipinski definition) is 4. The van der Waals surface area contributed by atoms with Crippen LogP contribution in [0.5, 0.6) is 0 Å².